The normalized spacial score (nSPS) is 15.7. The number of aliphatic imine (C=N–C) groups is 1. The smallest absolute Gasteiger partial charge is 0.163 e. The Morgan fingerprint density at radius 1 is 1.19 bits per heavy atom. The number of aryl methyl sites for hydroxylation is 2. The van der Waals surface area contributed by atoms with E-state index < -0.39 is 0 Å². The molecule has 1 unspecified atom stereocenters. The molecule has 0 bridgehead atoms. The maximum absolute atomic E-state index is 11.9. The zero-order valence-corrected chi connectivity index (χ0v) is 17.1. The Morgan fingerprint density at radius 3 is 2.56 bits per heavy atom. The lowest BCUT2D eigenvalue weighted by Gasteiger charge is -2.11. The number of Topliss-reactive ketones (excluding diaryl/α,β-unsaturated/α-hetero) is 1. The number of halogens is 1. The minimum Gasteiger partial charge on any atom is -0.300 e. The third-order valence-corrected chi connectivity index (χ3v) is 6.28. The van der Waals surface area contributed by atoms with Gasteiger partial charge in [0.05, 0.1) is 5.71 Å². The van der Waals surface area contributed by atoms with E-state index in [1.165, 1.54) is 10.4 Å². The molecule has 1 aliphatic rings. The minimum atomic E-state index is -0.367. The highest BCUT2D eigenvalue weighted by molar-refractivity contribution is 7.15. The van der Waals surface area contributed by atoms with E-state index >= 15 is 0 Å². The van der Waals surface area contributed by atoms with Crippen molar-refractivity contribution in [2.45, 2.75) is 40.2 Å². The summed E-state index contributed by atoms with van der Waals surface area (Å²) >= 11 is 7.79. The maximum atomic E-state index is 11.9. The van der Waals surface area contributed by atoms with Crippen LogP contribution in [0.5, 0.6) is 0 Å². The Hall–Kier alpha value is -2.31. The standard InChI is InChI=1S/C20H19ClN4OS/c1-10(26)9-16-19-24-23-13(4)25(19)20-17(11(2)12(3)27-20)18(22-16)14-5-7-15(21)8-6-14/h5-8,16H,9H2,1-4H3. The van der Waals surface area contributed by atoms with Gasteiger partial charge < -0.3 is 0 Å². The molecule has 0 saturated carbocycles. The van der Waals surface area contributed by atoms with E-state index in [-0.39, 0.29) is 11.8 Å². The number of rotatable bonds is 3. The van der Waals surface area contributed by atoms with Crippen LogP contribution in [0.3, 0.4) is 0 Å². The fourth-order valence-corrected chi connectivity index (χ4v) is 4.74. The largest absolute Gasteiger partial charge is 0.300 e. The molecule has 5 nitrogen and oxygen atoms in total. The lowest BCUT2D eigenvalue weighted by molar-refractivity contribution is -0.117. The van der Waals surface area contributed by atoms with Gasteiger partial charge in [0, 0.05) is 27.4 Å². The summed E-state index contributed by atoms with van der Waals surface area (Å²) in [7, 11) is 0. The molecule has 138 valence electrons. The van der Waals surface area contributed by atoms with Crippen LogP contribution in [0.15, 0.2) is 29.3 Å². The molecule has 0 amide bonds. The molecule has 0 fully saturated rings. The number of ketones is 1. The molecule has 2 aromatic heterocycles. The average molecular weight is 399 g/mol. The van der Waals surface area contributed by atoms with Crippen LogP contribution in [0.1, 0.15) is 52.6 Å². The van der Waals surface area contributed by atoms with Crippen LogP contribution in [-0.2, 0) is 4.79 Å². The Balaban J connectivity index is 2.04. The van der Waals surface area contributed by atoms with Gasteiger partial charge in [-0.15, -0.1) is 21.5 Å². The topological polar surface area (TPSA) is 60.1 Å². The van der Waals surface area contributed by atoms with Crippen LogP contribution in [0.4, 0.5) is 0 Å². The molecule has 1 aromatic carbocycles. The van der Waals surface area contributed by atoms with Gasteiger partial charge in [-0.2, -0.15) is 0 Å². The molecule has 3 heterocycles. The van der Waals surface area contributed by atoms with Crippen molar-refractivity contribution in [1.29, 1.82) is 0 Å². The summed E-state index contributed by atoms with van der Waals surface area (Å²) in [6.45, 7) is 7.74. The summed E-state index contributed by atoms with van der Waals surface area (Å²) in [5.74, 6) is 1.59. The molecular weight excluding hydrogens is 380 g/mol. The zero-order valence-electron chi connectivity index (χ0n) is 15.6. The van der Waals surface area contributed by atoms with Gasteiger partial charge >= 0.3 is 0 Å². The number of thiophene rings is 1. The number of aromatic nitrogens is 3. The number of benzene rings is 1. The van der Waals surface area contributed by atoms with E-state index in [9.17, 15) is 4.79 Å². The van der Waals surface area contributed by atoms with Crippen molar-refractivity contribution in [2.75, 3.05) is 0 Å². The first-order chi connectivity index (χ1) is 12.9. The second kappa shape index (κ2) is 6.69. The molecule has 7 heteroatoms. The molecule has 0 N–H and O–H groups in total. The molecule has 27 heavy (non-hydrogen) atoms. The highest BCUT2D eigenvalue weighted by atomic mass is 35.5. The molecule has 1 aliphatic heterocycles. The SMILES string of the molecule is CC(=O)CC1N=C(c2ccc(Cl)cc2)c2c(sc(C)c2C)-n2c(C)nnc21. The Kier molecular flexibility index (Phi) is 4.48. The number of hydrogen-bond donors (Lipinski definition) is 0. The van der Waals surface area contributed by atoms with Crippen LogP contribution in [0.25, 0.3) is 5.00 Å². The van der Waals surface area contributed by atoms with E-state index in [0.29, 0.717) is 17.3 Å². The summed E-state index contributed by atoms with van der Waals surface area (Å²) in [6.07, 6.45) is 0.294. The lowest BCUT2D eigenvalue weighted by Crippen LogP contribution is -2.09. The quantitative estimate of drug-likeness (QED) is 0.637. The van der Waals surface area contributed by atoms with E-state index in [0.717, 1.165) is 27.7 Å². The second-order valence-electron chi connectivity index (χ2n) is 6.81. The third kappa shape index (κ3) is 3.03. The fraction of sp³-hybridized carbons (Fsp3) is 0.300. The number of nitrogens with zero attached hydrogens (tertiary/aromatic N) is 4. The molecule has 4 rings (SSSR count). The highest BCUT2D eigenvalue weighted by Gasteiger charge is 2.31. The summed E-state index contributed by atoms with van der Waals surface area (Å²) < 4.78 is 2.06. The predicted molar refractivity (Wildman–Crippen MR) is 109 cm³/mol. The summed E-state index contributed by atoms with van der Waals surface area (Å²) in [4.78, 5) is 18.2. The monoisotopic (exact) mass is 398 g/mol. The Labute approximate surface area is 166 Å². The second-order valence-corrected chi connectivity index (χ2v) is 8.45. The first kappa shape index (κ1) is 18.1. The molecule has 1 atom stereocenters. The van der Waals surface area contributed by atoms with Crippen LogP contribution in [0, 0.1) is 20.8 Å². The average Bonchev–Trinajstić information content (AvgIpc) is 3.08. The van der Waals surface area contributed by atoms with Crippen molar-refractivity contribution < 1.29 is 4.79 Å². The maximum Gasteiger partial charge on any atom is 0.163 e. The number of carbonyl (C=O) groups excluding carboxylic acids is 1. The van der Waals surface area contributed by atoms with Gasteiger partial charge in [-0.05, 0) is 45.4 Å². The molecule has 3 aromatic rings. The van der Waals surface area contributed by atoms with Gasteiger partial charge in [0.15, 0.2) is 5.82 Å². The van der Waals surface area contributed by atoms with Gasteiger partial charge in [-0.3, -0.25) is 14.4 Å². The molecule has 0 radical (unpaired) electrons. The van der Waals surface area contributed by atoms with Crippen molar-refractivity contribution in [3.05, 3.63) is 62.5 Å². The van der Waals surface area contributed by atoms with Crippen LogP contribution < -0.4 is 0 Å². The van der Waals surface area contributed by atoms with E-state index in [1.807, 2.05) is 31.2 Å². The first-order valence-corrected chi connectivity index (χ1v) is 9.92. The lowest BCUT2D eigenvalue weighted by atomic mass is 9.99. The highest BCUT2D eigenvalue weighted by Crippen LogP contribution is 2.39. The number of carbonyl (C=O) groups is 1. The van der Waals surface area contributed by atoms with Crippen molar-refractivity contribution in [2.24, 2.45) is 4.99 Å². The van der Waals surface area contributed by atoms with Crippen LogP contribution >= 0.6 is 22.9 Å². The summed E-state index contributed by atoms with van der Waals surface area (Å²) in [6, 6.07) is 7.31. The molecule has 0 spiro atoms. The zero-order chi connectivity index (χ0) is 19.3. The van der Waals surface area contributed by atoms with Gasteiger partial charge in [0.25, 0.3) is 0 Å². The van der Waals surface area contributed by atoms with E-state index in [2.05, 4.69) is 28.6 Å². The Morgan fingerprint density at radius 2 is 1.89 bits per heavy atom. The fourth-order valence-electron chi connectivity index (χ4n) is 3.40. The Bertz CT molecular complexity index is 1080. The van der Waals surface area contributed by atoms with Crippen LogP contribution in [-0.4, -0.2) is 26.3 Å². The van der Waals surface area contributed by atoms with Gasteiger partial charge in [0.2, 0.25) is 0 Å². The van der Waals surface area contributed by atoms with Gasteiger partial charge in [0.1, 0.15) is 22.7 Å². The van der Waals surface area contributed by atoms with Gasteiger partial charge in [-0.1, -0.05) is 23.7 Å². The first-order valence-electron chi connectivity index (χ1n) is 8.72. The predicted octanol–water partition coefficient (Wildman–Crippen LogP) is 4.78. The molecular formula is C20H19ClN4OS. The number of fused-ring (bicyclic) bond motifs is 3. The van der Waals surface area contributed by atoms with Gasteiger partial charge in [-0.25, -0.2) is 0 Å². The van der Waals surface area contributed by atoms with E-state index in [4.69, 9.17) is 16.6 Å². The third-order valence-electron chi connectivity index (χ3n) is 4.84. The van der Waals surface area contributed by atoms with Crippen molar-refractivity contribution >= 4 is 34.4 Å². The number of hydrogen-bond acceptors (Lipinski definition) is 5. The molecule has 0 saturated heterocycles. The minimum absolute atomic E-state index is 0.0737. The van der Waals surface area contributed by atoms with Crippen molar-refractivity contribution in [1.82, 2.24) is 14.8 Å². The van der Waals surface area contributed by atoms with E-state index in [1.54, 1.807) is 18.3 Å². The van der Waals surface area contributed by atoms with Crippen LogP contribution in [0.2, 0.25) is 5.02 Å². The summed E-state index contributed by atoms with van der Waals surface area (Å²) in [5, 5.41) is 10.4. The summed E-state index contributed by atoms with van der Waals surface area (Å²) in [5.41, 5.74) is 4.12. The molecule has 0 aliphatic carbocycles. The van der Waals surface area contributed by atoms with Crippen molar-refractivity contribution in [3.63, 3.8) is 0 Å². The van der Waals surface area contributed by atoms with Crippen molar-refractivity contribution in [3.8, 4) is 5.00 Å².